The number of hydrogen-bond donors (Lipinski definition) is 0. The second kappa shape index (κ2) is 10.0. The minimum Gasteiger partial charge on any atom is -0.360 e. The molecular weight excluding hydrogens is 522 g/mol. The van der Waals surface area contributed by atoms with E-state index in [4.69, 9.17) is 27.7 Å². The molecule has 0 unspecified atom stereocenters. The van der Waals surface area contributed by atoms with Crippen LogP contribution in [0.25, 0.3) is 11.3 Å². The SMILES string of the molecule is FC(F)(F)c1cccc(CSc2nnc(SCc3cc(-c4c(Cl)cccc4Cl)no3)s2)c1. The van der Waals surface area contributed by atoms with Crippen molar-refractivity contribution in [2.75, 3.05) is 0 Å². The van der Waals surface area contributed by atoms with E-state index in [0.717, 1.165) is 12.1 Å². The number of rotatable bonds is 7. The second-order valence-corrected chi connectivity index (χ2v) is 10.6. The monoisotopic (exact) mass is 533 g/mol. The third-order valence-electron chi connectivity index (χ3n) is 4.12. The first-order valence-electron chi connectivity index (χ1n) is 8.95. The summed E-state index contributed by atoms with van der Waals surface area (Å²) in [7, 11) is 0. The molecular formula is C20H12Cl2F3N3OS3. The van der Waals surface area contributed by atoms with Crippen LogP contribution in [0, 0.1) is 0 Å². The Balaban J connectivity index is 1.34. The molecule has 0 amide bonds. The van der Waals surface area contributed by atoms with Crippen molar-refractivity contribution in [2.45, 2.75) is 26.4 Å². The van der Waals surface area contributed by atoms with Gasteiger partial charge in [0.1, 0.15) is 11.5 Å². The lowest BCUT2D eigenvalue weighted by atomic mass is 10.1. The molecule has 4 rings (SSSR count). The van der Waals surface area contributed by atoms with Crippen LogP contribution in [-0.4, -0.2) is 15.4 Å². The zero-order valence-electron chi connectivity index (χ0n) is 15.9. The molecule has 32 heavy (non-hydrogen) atoms. The molecule has 2 aromatic heterocycles. The molecule has 0 spiro atoms. The summed E-state index contributed by atoms with van der Waals surface area (Å²) in [5.41, 5.74) is 1.07. The summed E-state index contributed by atoms with van der Waals surface area (Å²) in [6, 6.07) is 12.2. The Bertz CT molecular complexity index is 1210. The molecule has 0 saturated carbocycles. The molecule has 166 valence electrons. The third-order valence-corrected chi connectivity index (χ3v) is 8.03. The Labute approximate surface area is 203 Å². The predicted octanol–water partition coefficient (Wildman–Crippen LogP) is 8.10. The largest absolute Gasteiger partial charge is 0.416 e. The molecule has 0 saturated heterocycles. The molecule has 0 aliphatic heterocycles. The Morgan fingerprint density at radius 1 is 0.906 bits per heavy atom. The average Bonchev–Trinajstić information content (AvgIpc) is 3.40. The first-order chi connectivity index (χ1) is 15.3. The molecule has 4 aromatic rings. The topological polar surface area (TPSA) is 51.8 Å². The zero-order chi connectivity index (χ0) is 22.7. The number of benzene rings is 2. The summed E-state index contributed by atoms with van der Waals surface area (Å²) < 4.78 is 45.3. The van der Waals surface area contributed by atoms with Crippen molar-refractivity contribution in [3.8, 4) is 11.3 Å². The maximum Gasteiger partial charge on any atom is 0.416 e. The van der Waals surface area contributed by atoms with E-state index >= 15 is 0 Å². The highest BCUT2D eigenvalue weighted by Gasteiger charge is 2.30. The van der Waals surface area contributed by atoms with Crippen LogP contribution in [0.1, 0.15) is 16.9 Å². The normalized spacial score (nSPS) is 11.8. The van der Waals surface area contributed by atoms with Gasteiger partial charge >= 0.3 is 6.18 Å². The lowest BCUT2D eigenvalue weighted by Gasteiger charge is -2.07. The number of nitrogens with zero attached hydrogens (tertiary/aromatic N) is 3. The average molecular weight is 534 g/mol. The van der Waals surface area contributed by atoms with Crippen LogP contribution in [-0.2, 0) is 17.7 Å². The van der Waals surface area contributed by atoms with E-state index in [1.165, 1.54) is 40.9 Å². The van der Waals surface area contributed by atoms with E-state index in [0.29, 0.717) is 52.8 Å². The van der Waals surface area contributed by atoms with E-state index in [1.807, 2.05) is 0 Å². The Kier molecular flexibility index (Phi) is 7.36. The second-order valence-electron chi connectivity index (χ2n) is 6.38. The van der Waals surface area contributed by atoms with E-state index < -0.39 is 11.7 Å². The number of halogens is 5. The molecule has 2 heterocycles. The van der Waals surface area contributed by atoms with Gasteiger partial charge in [-0.05, 0) is 23.8 Å². The highest BCUT2D eigenvalue weighted by molar-refractivity contribution is 8.02. The van der Waals surface area contributed by atoms with Gasteiger partial charge in [0, 0.05) is 17.4 Å². The van der Waals surface area contributed by atoms with E-state index in [1.54, 1.807) is 30.3 Å². The summed E-state index contributed by atoms with van der Waals surface area (Å²) >= 11 is 16.5. The molecule has 0 fully saturated rings. The van der Waals surface area contributed by atoms with Gasteiger partial charge in [-0.15, -0.1) is 10.2 Å². The van der Waals surface area contributed by atoms with Crippen molar-refractivity contribution < 1.29 is 17.7 Å². The van der Waals surface area contributed by atoms with Crippen LogP contribution in [0.15, 0.2) is 61.7 Å². The van der Waals surface area contributed by atoms with E-state index in [9.17, 15) is 13.2 Å². The smallest absolute Gasteiger partial charge is 0.360 e. The van der Waals surface area contributed by atoms with Gasteiger partial charge in [0.25, 0.3) is 0 Å². The molecule has 12 heteroatoms. The molecule has 0 N–H and O–H groups in total. The van der Waals surface area contributed by atoms with Crippen LogP contribution in [0.2, 0.25) is 10.0 Å². The Morgan fingerprint density at radius 2 is 1.56 bits per heavy atom. The van der Waals surface area contributed by atoms with Gasteiger partial charge in [-0.1, -0.05) is 87.5 Å². The predicted molar refractivity (Wildman–Crippen MR) is 122 cm³/mol. The van der Waals surface area contributed by atoms with Gasteiger partial charge in [0.15, 0.2) is 8.68 Å². The van der Waals surface area contributed by atoms with Crippen LogP contribution < -0.4 is 0 Å². The van der Waals surface area contributed by atoms with E-state index in [-0.39, 0.29) is 0 Å². The van der Waals surface area contributed by atoms with Gasteiger partial charge in [-0.25, -0.2) is 0 Å². The molecule has 0 bridgehead atoms. The first-order valence-corrected chi connectivity index (χ1v) is 12.5. The summed E-state index contributed by atoms with van der Waals surface area (Å²) in [5, 5.41) is 13.2. The number of thioether (sulfide) groups is 2. The standard InChI is InChI=1S/C20H12Cl2F3N3OS3/c21-14-5-2-6-15(22)17(14)16-8-13(29-28-16)10-31-19-27-26-18(32-19)30-9-11-3-1-4-12(7-11)20(23,24)25/h1-8H,9-10H2. The minimum absolute atomic E-state index is 0.368. The fourth-order valence-corrected chi connectivity index (χ4v) is 6.10. The van der Waals surface area contributed by atoms with E-state index in [2.05, 4.69) is 15.4 Å². The lowest BCUT2D eigenvalue weighted by molar-refractivity contribution is -0.137. The molecule has 0 atom stereocenters. The van der Waals surface area contributed by atoms with Crippen LogP contribution in [0.4, 0.5) is 13.2 Å². The van der Waals surface area contributed by atoms with Crippen LogP contribution in [0.3, 0.4) is 0 Å². The van der Waals surface area contributed by atoms with Crippen LogP contribution in [0.5, 0.6) is 0 Å². The molecule has 0 aliphatic carbocycles. The van der Waals surface area contributed by atoms with Gasteiger partial charge in [0.05, 0.1) is 21.4 Å². The van der Waals surface area contributed by atoms with Gasteiger partial charge < -0.3 is 4.52 Å². The quantitative estimate of drug-likeness (QED) is 0.223. The van der Waals surface area contributed by atoms with Crippen molar-refractivity contribution in [3.05, 3.63) is 75.5 Å². The Hall–Kier alpha value is -1.72. The third kappa shape index (κ3) is 5.79. The Morgan fingerprint density at radius 3 is 2.25 bits per heavy atom. The van der Waals surface area contributed by atoms with Gasteiger partial charge in [0.2, 0.25) is 0 Å². The van der Waals surface area contributed by atoms with Crippen molar-refractivity contribution in [1.82, 2.24) is 15.4 Å². The lowest BCUT2D eigenvalue weighted by Crippen LogP contribution is -2.04. The number of alkyl halides is 3. The maximum atomic E-state index is 12.8. The highest BCUT2D eigenvalue weighted by Crippen LogP contribution is 2.36. The highest BCUT2D eigenvalue weighted by atomic mass is 35.5. The van der Waals surface area contributed by atoms with Crippen molar-refractivity contribution in [1.29, 1.82) is 0 Å². The molecule has 0 radical (unpaired) electrons. The molecule has 2 aromatic carbocycles. The van der Waals surface area contributed by atoms with Gasteiger partial charge in [-0.2, -0.15) is 13.2 Å². The minimum atomic E-state index is -4.36. The van der Waals surface area contributed by atoms with Crippen molar-refractivity contribution in [2.24, 2.45) is 0 Å². The zero-order valence-corrected chi connectivity index (χ0v) is 19.9. The number of hydrogen-bond acceptors (Lipinski definition) is 7. The fourth-order valence-electron chi connectivity index (χ4n) is 2.67. The number of aromatic nitrogens is 3. The summed E-state index contributed by atoms with van der Waals surface area (Å²) in [4.78, 5) is 0. The fraction of sp³-hybridized carbons (Fsp3) is 0.150. The summed E-state index contributed by atoms with van der Waals surface area (Å²) in [5.74, 6) is 1.46. The molecule has 0 aliphatic rings. The molecule has 4 nitrogen and oxygen atoms in total. The van der Waals surface area contributed by atoms with Crippen LogP contribution >= 0.6 is 58.1 Å². The summed E-state index contributed by atoms with van der Waals surface area (Å²) in [6.45, 7) is 0. The van der Waals surface area contributed by atoms with Gasteiger partial charge in [-0.3, -0.25) is 0 Å². The van der Waals surface area contributed by atoms with Crippen molar-refractivity contribution in [3.63, 3.8) is 0 Å². The summed E-state index contributed by atoms with van der Waals surface area (Å²) in [6.07, 6.45) is -4.36. The van der Waals surface area contributed by atoms with Crippen molar-refractivity contribution >= 4 is 58.1 Å². The first kappa shape index (κ1) is 23.4. The maximum absolute atomic E-state index is 12.8.